The first-order chi connectivity index (χ1) is 12.5. The number of benzene rings is 2. The lowest BCUT2D eigenvalue weighted by Crippen LogP contribution is -2.21. The number of imidazole rings is 1. The number of methoxy groups -OCH3 is 2. The van der Waals surface area contributed by atoms with Crippen LogP contribution in [0.1, 0.15) is 22.5 Å². The van der Waals surface area contributed by atoms with Gasteiger partial charge < -0.3 is 18.6 Å². The minimum Gasteiger partial charge on any atom is -0.497 e. The summed E-state index contributed by atoms with van der Waals surface area (Å²) < 4.78 is 14.4. The molecule has 136 valence electrons. The summed E-state index contributed by atoms with van der Waals surface area (Å²) in [6.07, 6.45) is 1.55. The van der Waals surface area contributed by atoms with Crippen LogP contribution in [0, 0.1) is 5.41 Å². The fourth-order valence-electron chi connectivity index (χ4n) is 3.18. The molecule has 1 N–H and O–H groups in total. The van der Waals surface area contributed by atoms with Gasteiger partial charge >= 0.3 is 0 Å². The van der Waals surface area contributed by atoms with Gasteiger partial charge in [0.15, 0.2) is 0 Å². The van der Waals surface area contributed by atoms with Crippen LogP contribution in [0.3, 0.4) is 0 Å². The molecule has 0 aliphatic rings. The molecule has 0 aliphatic carbocycles. The lowest BCUT2D eigenvalue weighted by Gasteiger charge is -2.10. The van der Waals surface area contributed by atoms with E-state index in [-0.39, 0.29) is 0 Å². The molecule has 0 aliphatic heterocycles. The molecule has 0 fully saturated rings. The molecule has 3 rings (SSSR count). The molecule has 5 heteroatoms. The van der Waals surface area contributed by atoms with Gasteiger partial charge in [-0.05, 0) is 35.4 Å². The Morgan fingerprint density at radius 2 is 1.04 bits per heavy atom. The highest BCUT2D eigenvalue weighted by Crippen LogP contribution is 2.20. The quantitative estimate of drug-likeness (QED) is 0.742. The van der Waals surface area contributed by atoms with Crippen LogP contribution in [0.4, 0.5) is 0 Å². The summed E-state index contributed by atoms with van der Waals surface area (Å²) in [6.45, 7) is 0. The van der Waals surface area contributed by atoms with E-state index in [9.17, 15) is 0 Å². The molecular formula is C21H25N3O2. The van der Waals surface area contributed by atoms with Crippen molar-refractivity contribution >= 4 is 0 Å². The van der Waals surface area contributed by atoms with Gasteiger partial charge in [-0.15, -0.1) is 0 Å². The van der Waals surface area contributed by atoms with E-state index in [1.54, 1.807) is 14.2 Å². The van der Waals surface area contributed by atoms with Crippen molar-refractivity contribution in [1.29, 1.82) is 5.41 Å². The van der Waals surface area contributed by atoms with Gasteiger partial charge in [-0.3, -0.25) is 5.41 Å². The second-order valence-electron chi connectivity index (χ2n) is 6.38. The largest absolute Gasteiger partial charge is 0.497 e. The fraction of sp³-hybridized carbons (Fsp3) is 0.286. The van der Waals surface area contributed by atoms with Gasteiger partial charge in [0, 0.05) is 38.3 Å². The van der Waals surface area contributed by atoms with Crippen molar-refractivity contribution in [3.8, 4) is 11.5 Å². The van der Waals surface area contributed by atoms with Crippen molar-refractivity contribution in [2.24, 2.45) is 14.1 Å². The third-order valence-electron chi connectivity index (χ3n) is 4.84. The standard InChI is InChI=1S/C21H25N3O2/c1-23-19(13-15-5-9-17(25-3)10-6-15)20(24(2)21(23)22)14-16-7-11-18(26-4)12-8-16/h5-12,22H,13-14H2,1-4H3. The Hall–Kier alpha value is -2.95. The lowest BCUT2D eigenvalue weighted by molar-refractivity contribution is 0.414. The monoisotopic (exact) mass is 351 g/mol. The number of hydrogen-bond donors (Lipinski definition) is 1. The SMILES string of the molecule is COc1ccc(Cc2c(Cc3ccc(OC)cc3)n(C)c(=N)n2C)cc1. The van der Waals surface area contributed by atoms with Crippen LogP contribution in [-0.2, 0) is 26.9 Å². The molecule has 0 radical (unpaired) electrons. The van der Waals surface area contributed by atoms with Crippen molar-refractivity contribution in [3.05, 3.63) is 76.7 Å². The maximum Gasteiger partial charge on any atom is 0.201 e. The average molecular weight is 351 g/mol. The van der Waals surface area contributed by atoms with Crippen molar-refractivity contribution in [2.75, 3.05) is 14.2 Å². The third kappa shape index (κ3) is 3.52. The Kier molecular flexibility index (Phi) is 5.16. The molecule has 5 nitrogen and oxygen atoms in total. The number of hydrogen-bond acceptors (Lipinski definition) is 3. The molecule has 26 heavy (non-hydrogen) atoms. The molecule has 0 unspecified atom stereocenters. The highest BCUT2D eigenvalue weighted by molar-refractivity contribution is 5.34. The van der Waals surface area contributed by atoms with Crippen LogP contribution in [0.25, 0.3) is 0 Å². The highest BCUT2D eigenvalue weighted by atomic mass is 16.5. The molecule has 0 spiro atoms. The summed E-state index contributed by atoms with van der Waals surface area (Å²) >= 11 is 0. The zero-order valence-electron chi connectivity index (χ0n) is 15.7. The van der Waals surface area contributed by atoms with E-state index in [4.69, 9.17) is 14.9 Å². The van der Waals surface area contributed by atoms with Gasteiger partial charge in [0.2, 0.25) is 5.62 Å². The van der Waals surface area contributed by atoms with Crippen LogP contribution in [0.15, 0.2) is 48.5 Å². The van der Waals surface area contributed by atoms with Crippen LogP contribution in [-0.4, -0.2) is 23.4 Å². The van der Waals surface area contributed by atoms with Crippen LogP contribution >= 0.6 is 0 Å². The average Bonchev–Trinajstić information content (AvgIpc) is 2.87. The summed E-state index contributed by atoms with van der Waals surface area (Å²) in [5.74, 6) is 1.71. The minimum absolute atomic E-state index is 0.497. The summed E-state index contributed by atoms with van der Waals surface area (Å²) in [7, 11) is 7.26. The molecular weight excluding hydrogens is 326 g/mol. The minimum atomic E-state index is 0.497. The molecule has 0 bridgehead atoms. The Bertz CT molecular complexity index is 859. The molecule has 0 saturated carbocycles. The Morgan fingerprint density at radius 1 is 0.692 bits per heavy atom. The highest BCUT2D eigenvalue weighted by Gasteiger charge is 2.15. The topological polar surface area (TPSA) is 52.2 Å². The molecule has 1 heterocycles. The van der Waals surface area contributed by atoms with E-state index in [0.717, 1.165) is 35.7 Å². The molecule has 0 saturated heterocycles. The number of rotatable bonds is 6. The number of nitrogens with zero attached hydrogens (tertiary/aromatic N) is 2. The zero-order chi connectivity index (χ0) is 18.7. The molecule has 1 aromatic heterocycles. The first-order valence-electron chi connectivity index (χ1n) is 8.57. The maximum atomic E-state index is 8.35. The zero-order valence-corrected chi connectivity index (χ0v) is 15.7. The van der Waals surface area contributed by atoms with Crippen LogP contribution in [0.2, 0.25) is 0 Å². The van der Waals surface area contributed by atoms with Gasteiger partial charge in [0.05, 0.1) is 14.2 Å². The van der Waals surface area contributed by atoms with E-state index >= 15 is 0 Å². The van der Waals surface area contributed by atoms with Gasteiger partial charge in [-0.2, -0.15) is 0 Å². The van der Waals surface area contributed by atoms with Crippen molar-refractivity contribution in [2.45, 2.75) is 12.8 Å². The molecule has 0 atom stereocenters. The number of ether oxygens (including phenoxy) is 2. The number of aromatic nitrogens is 2. The lowest BCUT2D eigenvalue weighted by atomic mass is 10.0. The van der Waals surface area contributed by atoms with Crippen LogP contribution in [0.5, 0.6) is 11.5 Å². The van der Waals surface area contributed by atoms with E-state index in [1.165, 1.54) is 11.1 Å². The second-order valence-corrected chi connectivity index (χ2v) is 6.38. The van der Waals surface area contributed by atoms with Gasteiger partial charge in [0.25, 0.3) is 0 Å². The predicted molar refractivity (Wildman–Crippen MR) is 102 cm³/mol. The summed E-state index contributed by atoms with van der Waals surface area (Å²) in [5, 5.41) is 8.35. The van der Waals surface area contributed by atoms with E-state index in [0.29, 0.717) is 5.62 Å². The first kappa shape index (κ1) is 17.9. The van der Waals surface area contributed by atoms with Gasteiger partial charge in [-0.25, -0.2) is 0 Å². The predicted octanol–water partition coefficient (Wildman–Crippen LogP) is 3.04. The maximum absolute atomic E-state index is 8.35. The molecule has 0 amide bonds. The van der Waals surface area contributed by atoms with E-state index < -0.39 is 0 Å². The second kappa shape index (κ2) is 7.52. The number of nitrogens with one attached hydrogen (secondary N) is 1. The molecule has 2 aromatic carbocycles. The fourth-order valence-corrected chi connectivity index (χ4v) is 3.18. The van der Waals surface area contributed by atoms with Crippen molar-refractivity contribution in [1.82, 2.24) is 9.13 Å². The van der Waals surface area contributed by atoms with Crippen molar-refractivity contribution in [3.63, 3.8) is 0 Å². The van der Waals surface area contributed by atoms with E-state index in [2.05, 4.69) is 24.3 Å². The Morgan fingerprint density at radius 3 is 1.35 bits per heavy atom. The van der Waals surface area contributed by atoms with Crippen LogP contribution < -0.4 is 15.1 Å². The van der Waals surface area contributed by atoms with Gasteiger partial charge in [-0.1, -0.05) is 24.3 Å². The Balaban J connectivity index is 1.93. The summed E-state index contributed by atoms with van der Waals surface area (Å²) in [5.41, 5.74) is 5.19. The normalized spacial score (nSPS) is 10.8. The smallest absolute Gasteiger partial charge is 0.201 e. The summed E-state index contributed by atoms with van der Waals surface area (Å²) in [4.78, 5) is 0. The molecule has 3 aromatic rings. The van der Waals surface area contributed by atoms with Gasteiger partial charge in [0.1, 0.15) is 11.5 Å². The summed E-state index contributed by atoms with van der Waals surface area (Å²) in [6, 6.07) is 16.2. The third-order valence-corrected chi connectivity index (χ3v) is 4.84. The van der Waals surface area contributed by atoms with E-state index in [1.807, 2.05) is 47.5 Å². The van der Waals surface area contributed by atoms with Crippen molar-refractivity contribution < 1.29 is 9.47 Å². The first-order valence-corrected chi connectivity index (χ1v) is 8.57. The Labute approximate surface area is 153 Å².